The molecule has 1 N–H and O–H groups in total. The Balaban J connectivity index is 1.57. The Morgan fingerprint density at radius 2 is 2.12 bits per heavy atom. The Kier molecular flexibility index (Phi) is 5.95. The number of hydrogen-bond donors (Lipinski definition) is 1. The zero-order valence-corrected chi connectivity index (χ0v) is 14.5. The van der Waals surface area contributed by atoms with Crippen molar-refractivity contribution in [2.75, 3.05) is 33.4 Å². The largest absolute Gasteiger partial charge is 0.383 e. The van der Waals surface area contributed by atoms with Crippen molar-refractivity contribution < 1.29 is 22.8 Å². The van der Waals surface area contributed by atoms with Crippen LogP contribution in [-0.2, 0) is 4.74 Å². The quantitative estimate of drug-likeness (QED) is 0.852. The second-order valence-electron chi connectivity index (χ2n) is 6.28. The van der Waals surface area contributed by atoms with Crippen molar-refractivity contribution in [3.8, 4) is 11.3 Å². The van der Waals surface area contributed by atoms with Gasteiger partial charge in [-0.3, -0.25) is 4.79 Å². The highest BCUT2D eigenvalue weighted by molar-refractivity contribution is 5.93. The standard InChI is InChI=1S/C18H21F2N3O3/c1-25-9-8-23-6-4-13(5-7-23)21-18(24)16-11-17(26-22-16)14-3-2-12(19)10-15(14)20/h2-3,10-11,13H,4-9H2,1H3,(H,21,24). The average Bonchev–Trinajstić information content (AvgIpc) is 3.11. The zero-order chi connectivity index (χ0) is 18.5. The molecule has 2 aromatic rings. The number of ether oxygens (including phenoxy) is 1. The molecule has 0 radical (unpaired) electrons. The number of amides is 1. The van der Waals surface area contributed by atoms with E-state index >= 15 is 0 Å². The smallest absolute Gasteiger partial charge is 0.273 e. The Morgan fingerprint density at radius 1 is 1.35 bits per heavy atom. The van der Waals surface area contributed by atoms with Crippen LogP contribution in [-0.4, -0.2) is 55.4 Å². The maximum atomic E-state index is 13.8. The van der Waals surface area contributed by atoms with E-state index in [-0.39, 0.29) is 29.0 Å². The van der Waals surface area contributed by atoms with Gasteiger partial charge in [-0.05, 0) is 25.0 Å². The highest BCUT2D eigenvalue weighted by atomic mass is 19.1. The van der Waals surface area contributed by atoms with Gasteiger partial charge in [-0.1, -0.05) is 5.16 Å². The fourth-order valence-electron chi connectivity index (χ4n) is 2.98. The first-order valence-electron chi connectivity index (χ1n) is 8.51. The molecule has 0 spiro atoms. The summed E-state index contributed by atoms with van der Waals surface area (Å²) in [4.78, 5) is 14.6. The predicted molar refractivity (Wildman–Crippen MR) is 90.7 cm³/mol. The van der Waals surface area contributed by atoms with Crippen molar-refractivity contribution in [1.82, 2.24) is 15.4 Å². The van der Waals surface area contributed by atoms with Gasteiger partial charge in [0.15, 0.2) is 11.5 Å². The molecule has 0 bridgehead atoms. The topological polar surface area (TPSA) is 67.6 Å². The van der Waals surface area contributed by atoms with Crippen LogP contribution in [0.15, 0.2) is 28.8 Å². The molecular weight excluding hydrogens is 344 g/mol. The first-order chi connectivity index (χ1) is 12.6. The van der Waals surface area contributed by atoms with Crippen LogP contribution in [0.3, 0.4) is 0 Å². The minimum Gasteiger partial charge on any atom is -0.383 e. The summed E-state index contributed by atoms with van der Waals surface area (Å²) in [6, 6.07) is 4.55. The Hall–Kier alpha value is -2.32. The summed E-state index contributed by atoms with van der Waals surface area (Å²) in [7, 11) is 1.68. The summed E-state index contributed by atoms with van der Waals surface area (Å²) in [5.74, 6) is -1.72. The van der Waals surface area contributed by atoms with E-state index in [2.05, 4.69) is 15.4 Å². The van der Waals surface area contributed by atoms with Crippen molar-refractivity contribution in [2.24, 2.45) is 0 Å². The highest BCUT2D eigenvalue weighted by Crippen LogP contribution is 2.24. The number of piperidine rings is 1. The summed E-state index contributed by atoms with van der Waals surface area (Å²) in [5.41, 5.74) is 0.134. The van der Waals surface area contributed by atoms with Crippen molar-refractivity contribution in [2.45, 2.75) is 18.9 Å². The third kappa shape index (κ3) is 4.44. The monoisotopic (exact) mass is 365 g/mol. The van der Waals surface area contributed by atoms with Crippen LogP contribution >= 0.6 is 0 Å². The van der Waals surface area contributed by atoms with E-state index in [1.165, 1.54) is 12.1 Å². The van der Waals surface area contributed by atoms with Gasteiger partial charge in [-0.2, -0.15) is 0 Å². The molecule has 3 rings (SSSR count). The van der Waals surface area contributed by atoms with Crippen molar-refractivity contribution in [3.63, 3.8) is 0 Å². The third-order valence-corrected chi connectivity index (χ3v) is 4.47. The van der Waals surface area contributed by atoms with Gasteiger partial charge in [0, 0.05) is 44.9 Å². The molecule has 1 amide bonds. The second-order valence-corrected chi connectivity index (χ2v) is 6.28. The number of carbonyl (C=O) groups excluding carboxylic acids is 1. The summed E-state index contributed by atoms with van der Waals surface area (Å²) in [6.45, 7) is 3.35. The van der Waals surface area contributed by atoms with Gasteiger partial charge in [0.05, 0.1) is 12.2 Å². The number of hydrogen-bond acceptors (Lipinski definition) is 5. The molecular formula is C18H21F2N3O3. The van der Waals surface area contributed by atoms with E-state index in [0.717, 1.165) is 44.6 Å². The summed E-state index contributed by atoms with van der Waals surface area (Å²) >= 11 is 0. The summed E-state index contributed by atoms with van der Waals surface area (Å²) in [5, 5.41) is 6.63. The third-order valence-electron chi connectivity index (χ3n) is 4.47. The molecule has 0 unspecified atom stereocenters. The van der Waals surface area contributed by atoms with Crippen LogP contribution in [0.1, 0.15) is 23.3 Å². The van der Waals surface area contributed by atoms with E-state index in [0.29, 0.717) is 6.61 Å². The molecule has 26 heavy (non-hydrogen) atoms. The molecule has 1 aliphatic rings. The number of rotatable bonds is 6. The van der Waals surface area contributed by atoms with Crippen LogP contribution in [0.5, 0.6) is 0 Å². The highest BCUT2D eigenvalue weighted by Gasteiger charge is 2.23. The molecule has 1 aromatic carbocycles. The Labute approximate surface area is 150 Å². The van der Waals surface area contributed by atoms with E-state index in [9.17, 15) is 13.6 Å². The van der Waals surface area contributed by atoms with Gasteiger partial charge in [-0.25, -0.2) is 8.78 Å². The number of benzene rings is 1. The number of aromatic nitrogens is 1. The van der Waals surface area contributed by atoms with Gasteiger partial charge < -0.3 is 19.5 Å². The predicted octanol–water partition coefficient (Wildman–Crippen LogP) is 2.46. The lowest BCUT2D eigenvalue weighted by molar-refractivity contribution is 0.0884. The molecule has 8 heteroatoms. The molecule has 1 fully saturated rings. The van der Waals surface area contributed by atoms with E-state index in [1.807, 2.05) is 0 Å². The van der Waals surface area contributed by atoms with Gasteiger partial charge in [-0.15, -0.1) is 0 Å². The number of carbonyl (C=O) groups is 1. The number of nitrogens with one attached hydrogen (secondary N) is 1. The maximum Gasteiger partial charge on any atom is 0.273 e. The molecule has 1 aromatic heterocycles. The molecule has 6 nitrogen and oxygen atoms in total. The van der Waals surface area contributed by atoms with Gasteiger partial charge in [0.1, 0.15) is 11.6 Å². The summed E-state index contributed by atoms with van der Waals surface area (Å²) in [6.07, 6.45) is 1.68. The lowest BCUT2D eigenvalue weighted by atomic mass is 10.0. The SMILES string of the molecule is COCCN1CCC(NC(=O)c2cc(-c3ccc(F)cc3F)on2)CC1. The maximum absolute atomic E-state index is 13.8. The van der Waals surface area contributed by atoms with Crippen molar-refractivity contribution in [3.05, 3.63) is 41.6 Å². The van der Waals surface area contributed by atoms with E-state index in [4.69, 9.17) is 9.26 Å². The fraction of sp³-hybridized carbons (Fsp3) is 0.444. The van der Waals surface area contributed by atoms with E-state index in [1.54, 1.807) is 7.11 Å². The average molecular weight is 365 g/mol. The van der Waals surface area contributed by atoms with Crippen molar-refractivity contribution >= 4 is 5.91 Å². The minimum absolute atomic E-state index is 0.0593. The second kappa shape index (κ2) is 8.37. The fourth-order valence-corrected chi connectivity index (χ4v) is 2.98. The van der Waals surface area contributed by atoms with Crippen LogP contribution in [0.2, 0.25) is 0 Å². The van der Waals surface area contributed by atoms with Gasteiger partial charge in [0.25, 0.3) is 5.91 Å². The molecule has 1 saturated heterocycles. The first-order valence-corrected chi connectivity index (χ1v) is 8.51. The zero-order valence-electron chi connectivity index (χ0n) is 14.5. The molecule has 2 heterocycles. The van der Waals surface area contributed by atoms with Crippen LogP contribution < -0.4 is 5.32 Å². The number of likely N-dealkylation sites (tertiary alicyclic amines) is 1. The minimum atomic E-state index is -0.767. The molecule has 0 aliphatic carbocycles. The Morgan fingerprint density at radius 3 is 2.81 bits per heavy atom. The molecule has 0 saturated carbocycles. The lowest BCUT2D eigenvalue weighted by Gasteiger charge is -2.31. The van der Waals surface area contributed by atoms with Crippen LogP contribution in [0.4, 0.5) is 8.78 Å². The van der Waals surface area contributed by atoms with Gasteiger partial charge >= 0.3 is 0 Å². The molecule has 1 aliphatic heterocycles. The van der Waals surface area contributed by atoms with Crippen LogP contribution in [0, 0.1) is 11.6 Å². The first kappa shape index (κ1) is 18.5. The Bertz CT molecular complexity index is 758. The normalized spacial score (nSPS) is 16.0. The molecule has 140 valence electrons. The lowest BCUT2D eigenvalue weighted by Crippen LogP contribution is -2.45. The number of methoxy groups -OCH3 is 1. The number of nitrogens with zero attached hydrogens (tertiary/aromatic N) is 2. The van der Waals surface area contributed by atoms with Crippen LogP contribution in [0.25, 0.3) is 11.3 Å². The van der Waals surface area contributed by atoms with Gasteiger partial charge in [0.2, 0.25) is 0 Å². The van der Waals surface area contributed by atoms with E-state index < -0.39 is 11.6 Å². The number of halogens is 2. The van der Waals surface area contributed by atoms with Crippen molar-refractivity contribution in [1.29, 1.82) is 0 Å². The summed E-state index contributed by atoms with van der Waals surface area (Å²) < 4.78 is 36.9. The molecule has 0 atom stereocenters.